The van der Waals surface area contributed by atoms with Crippen molar-refractivity contribution in [1.82, 2.24) is 15.2 Å². The second-order valence-electron chi connectivity index (χ2n) is 11.4. The summed E-state index contributed by atoms with van der Waals surface area (Å²) in [5.74, 6) is -1.72. The molecule has 0 fully saturated rings. The lowest BCUT2D eigenvalue weighted by molar-refractivity contribution is -0.300. The number of carbonyl (C=O) groups excluding carboxylic acids is 1. The van der Waals surface area contributed by atoms with E-state index in [1.165, 1.54) is 20.8 Å². The van der Waals surface area contributed by atoms with Gasteiger partial charge in [0.25, 0.3) is 11.8 Å². The molecule has 44 heavy (non-hydrogen) atoms. The molecule has 0 saturated heterocycles. The number of halogens is 6. The molecule has 2 N–H and O–H groups in total. The first-order valence-corrected chi connectivity index (χ1v) is 13.9. The summed E-state index contributed by atoms with van der Waals surface area (Å²) in [7, 11) is 0. The highest BCUT2D eigenvalue weighted by Gasteiger charge is 2.61. The van der Waals surface area contributed by atoms with E-state index in [4.69, 9.17) is 13.9 Å². The average molecular weight is 631 g/mol. The Kier molecular flexibility index (Phi) is 9.59. The lowest BCUT2D eigenvalue weighted by Crippen LogP contribution is -2.45. The molecule has 0 aliphatic carbocycles. The fraction of sp³-hybridized carbons (Fsp3) is 0.517. The Bertz CT molecular complexity index is 1440. The number of amides is 1. The number of alkyl halides is 6. The Morgan fingerprint density at radius 1 is 1.05 bits per heavy atom. The molecule has 2 atom stereocenters. The highest BCUT2D eigenvalue weighted by Crippen LogP contribution is 2.47. The van der Waals surface area contributed by atoms with Crippen molar-refractivity contribution in [3.05, 3.63) is 59.1 Å². The summed E-state index contributed by atoms with van der Waals surface area (Å²) in [6.07, 6.45) is -12.9. The van der Waals surface area contributed by atoms with Gasteiger partial charge < -0.3 is 19.0 Å². The molecule has 0 saturated carbocycles. The van der Waals surface area contributed by atoms with Gasteiger partial charge in [-0.3, -0.25) is 5.32 Å². The smallest absolute Gasteiger partial charge is 0.426 e. The van der Waals surface area contributed by atoms with Gasteiger partial charge in [0.2, 0.25) is 5.60 Å². The monoisotopic (exact) mass is 630 g/mol. The molecule has 4 rings (SSSR count). The van der Waals surface area contributed by atoms with Gasteiger partial charge in [0.05, 0.1) is 29.7 Å². The number of anilines is 1. The third kappa shape index (κ3) is 7.67. The maximum absolute atomic E-state index is 14.9. The van der Waals surface area contributed by atoms with Gasteiger partial charge in [-0.2, -0.15) is 26.3 Å². The maximum atomic E-state index is 14.9. The van der Waals surface area contributed by atoms with E-state index < -0.39 is 83.2 Å². The number of hydrogen-bond donors (Lipinski definition) is 2. The normalized spacial score (nSPS) is 20.1. The highest BCUT2D eigenvalue weighted by atomic mass is 19.4. The standard InChI is InChI=1S/C29H32F6N4O5/c1-26(2,3)44-25(41)36-19-15-18(28(30,31)32)21-20(40)13-9-4-5-10-14-27(29(33,34)35,42-16-17-11-7-6-8-12-17)24-39-38-23(43-24)22(19)37-21/h6-8,11-12,15,20,40H,4-5,9-10,13-14,16H2,1-3H3,(H,36,41). The molecule has 1 aromatic carbocycles. The SMILES string of the molecule is CC(C)(C)OC(=O)Nc1cc(C(F)(F)F)c2nc1-c1nnc(o1)C(OCc1ccccc1)(C(F)(F)F)CCCCCCC2O. The molecule has 1 amide bonds. The lowest BCUT2D eigenvalue weighted by atomic mass is 9.93. The van der Waals surface area contributed by atoms with Crippen LogP contribution in [0, 0.1) is 0 Å². The molecule has 15 heteroatoms. The zero-order chi connectivity index (χ0) is 32.3. The molecular weight excluding hydrogens is 598 g/mol. The summed E-state index contributed by atoms with van der Waals surface area (Å²) in [6, 6.07) is 8.64. The number of rotatable bonds is 4. The van der Waals surface area contributed by atoms with Crippen molar-refractivity contribution in [2.75, 3.05) is 5.32 Å². The molecular formula is C29H32F6N4O5. The number of aliphatic hydroxyl groups excluding tert-OH is 1. The summed E-state index contributed by atoms with van der Waals surface area (Å²) in [6.45, 7) is 4.10. The number of pyridine rings is 1. The zero-order valence-corrected chi connectivity index (χ0v) is 24.2. The maximum Gasteiger partial charge on any atom is 0.426 e. The van der Waals surface area contributed by atoms with Crippen molar-refractivity contribution in [2.24, 2.45) is 0 Å². The molecule has 0 spiro atoms. The van der Waals surface area contributed by atoms with Crippen molar-refractivity contribution < 1.29 is 50.1 Å². The molecule has 1 aliphatic heterocycles. The van der Waals surface area contributed by atoms with Crippen LogP contribution in [0.2, 0.25) is 0 Å². The summed E-state index contributed by atoms with van der Waals surface area (Å²) in [5.41, 5.74) is -7.05. The molecule has 3 aromatic rings. The van der Waals surface area contributed by atoms with Crippen molar-refractivity contribution in [1.29, 1.82) is 0 Å². The van der Waals surface area contributed by atoms with Gasteiger partial charge in [0.15, 0.2) is 5.69 Å². The van der Waals surface area contributed by atoms with Crippen molar-refractivity contribution in [2.45, 2.75) is 95.6 Å². The molecule has 240 valence electrons. The Morgan fingerprint density at radius 3 is 2.36 bits per heavy atom. The number of carbonyl (C=O) groups is 1. The molecule has 2 unspecified atom stereocenters. The van der Waals surface area contributed by atoms with Crippen molar-refractivity contribution >= 4 is 11.8 Å². The zero-order valence-electron chi connectivity index (χ0n) is 24.2. The Morgan fingerprint density at radius 2 is 1.73 bits per heavy atom. The fourth-order valence-corrected chi connectivity index (χ4v) is 4.73. The largest absolute Gasteiger partial charge is 0.444 e. The van der Waals surface area contributed by atoms with Gasteiger partial charge in [0.1, 0.15) is 5.60 Å². The van der Waals surface area contributed by atoms with Gasteiger partial charge >= 0.3 is 18.4 Å². The summed E-state index contributed by atoms with van der Waals surface area (Å²) < 4.78 is 103. The number of ether oxygens (including phenoxy) is 2. The predicted molar refractivity (Wildman–Crippen MR) is 144 cm³/mol. The fourth-order valence-electron chi connectivity index (χ4n) is 4.73. The number of nitrogens with zero attached hydrogens (tertiary/aromatic N) is 3. The number of fused-ring (bicyclic) bond motifs is 5. The first-order valence-electron chi connectivity index (χ1n) is 13.9. The van der Waals surface area contributed by atoms with Crippen molar-refractivity contribution in [3.63, 3.8) is 0 Å². The molecule has 3 heterocycles. The minimum atomic E-state index is -5.05. The van der Waals surface area contributed by atoms with E-state index in [2.05, 4.69) is 20.5 Å². The lowest BCUT2D eigenvalue weighted by Gasteiger charge is -2.32. The van der Waals surface area contributed by atoms with Crippen LogP contribution in [-0.2, 0) is 27.9 Å². The minimum Gasteiger partial charge on any atom is -0.444 e. The first kappa shape index (κ1) is 33.2. The van der Waals surface area contributed by atoms with Crippen LogP contribution in [0.15, 0.2) is 40.8 Å². The van der Waals surface area contributed by atoms with E-state index in [0.717, 1.165) is 0 Å². The second-order valence-corrected chi connectivity index (χ2v) is 11.4. The number of nitrogens with one attached hydrogen (secondary N) is 1. The Labute approximate surface area is 249 Å². The van der Waals surface area contributed by atoms with E-state index in [1.807, 2.05) is 0 Å². The Balaban J connectivity index is 1.90. The predicted octanol–water partition coefficient (Wildman–Crippen LogP) is 7.86. The van der Waals surface area contributed by atoms with Crippen LogP contribution < -0.4 is 5.32 Å². The third-order valence-electron chi connectivity index (χ3n) is 6.82. The van der Waals surface area contributed by atoms with Crippen LogP contribution in [-0.4, -0.2) is 38.2 Å². The van der Waals surface area contributed by atoms with E-state index in [0.29, 0.717) is 18.1 Å². The van der Waals surface area contributed by atoms with Gasteiger partial charge in [-0.05, 0) is 51.7 Å². The summed E-state index contributed by atoms with van der Waals surface area (Å²) in [5, 5.41) is 20.2. The summed E-state index contributed by atoms with van der Waals surface area (Å²) in [4.78, 5) is 16.5. The third-order valence-corrected chi connectivity index (χ3v) is 6.82. The van der Waals surface area contributed by atoms with E-state index in [1.54, 1.807) is 30.3 Å². The first-order chi connectivity index (χ1) is 20.5. The van der Waals surface area contributed by atoms with Crippen LogP contribution in [0.25, 0.3) is 11.6 Å². The van der Waals surface area contributed by atoms with Crippen LogP contribution in [0.1, 0.15) is 88.1 Å². The number of benzene rings is 1. The minimum absolute atomic E-state index is 0.00902. The quantitative estimate of drug-likeness (QED) is 0.280. The van der Waals surface area contributed by atoms with Crippen LogP contribution in [0.3, 0.4) is 0 Å². The van der Waals surface area contributed by atoms with Gasteiger partial charge in [-0.25, -0.2) is 9.78 Å². The molecule has 0 radical (unpaired) electrons. The molecule has 2 aromatic heterocycles. The topological polar surface area (TPSA) is 120 Å². The number of aromatic nitrogens is 3. The van der Waals surface area contributed by atoms with E-state index in [9.17, 15) is 36.2 Å². The molecule has 1 aliphatic rings. The number of aliphatic hydroxyl groups is 1. The second kappa shape index (κ2) is 12.7. The summed E-state index contributed by atoms with van der Waals surface area (Å²) >= 11 is 0. The van der Waals surface area contributed by atoms with E-state index in [-0.39, 0.29) is 25.7 Å². The van der Waals surface area contributed by atoms with E-state index >= 15 is 0 Å². The van der Waals surface area contributed by atoms with Crippen LogP contribution >= 0.6 is 0 Å². The Hall–Kier alpha value is -3.72. The average Bonchev–Trinajstić information content (AvgIpc) is 3.40. The van der Waals surface area contributed by atoms with Gasteiger partial charge in [-0.1, -0.05) is 49.6 Å². The molecule has 9 nitrogen and oxygen atoms in total. The van der Waals surface area contributed by atoms with Crippen molar-refractivity contribution in [3.8, 4) is 11.6 Å². The van der Waals surface area contributed by atoms with Crippen LogP contribution in [0.5, 0.6) is 0 Å². The van der Waals surface area contributed by atoms with Gasteiger partial charge in [0, 0.05) is 0 Å². The number of hydrogen-bond acceptors (Lipinski definition) is 8. The van der Waals surface area contributed by atoms with Gasteiger partial charge in [-0.15, -0.1) is 10.2 Å². The highest BCUT2D eigenvalue weighted by molar-refractivity contribution is 5.89. The molecule has 4 bridgehead atoms. The van der Waals surface area contributed by atoms with Crippen LogP contribution in [0.4, 0.5) is 36.8 Å².